The summed E-state index contributed by atoms with van der Waals surface area (Å²) >= 11 is 0. The van der Waals surface area contributed by atoms with E-state index in [4.69, 9.17) is 14.2 Å². The maximum Gasteiger partial charge on any atom is 0.306 e. The number of allylic oxidation sites excluding steroid dienone is 20. The quantitative estimate of drug-likeness (QED) is 0.0199. The molecule has 0 aliphatic rings. The van der Waals surface area contributed by atoms with E-state index in [1.54, 1.807) is 0 Å². The molecule has 69 heavy (non-hydrogen) atoms. The van der Waals surface area contributed by atoms with Gasteiger partial charge in [0.15, 0.2) is 6.10 Å². The Balaban J connectivity index is 4.51. The lowest BCUT2D eigenvalue weighted by Gasteiger charge is -2.18. The van der Waals surface area contributed by atoms with Crippen LogP contribution in [0.15, 0.2) is 122 Å². The van der Waals surface area contributed by atoms with E-state index in [0.717, 1.165) is 122 Å². The predicted octanol–water partition coefficient (Wildman–Crippen LogP) is 18.9. The lowest BCUT2D eigenvalue weighted by Crippen LogP contribution is -2.30. The molecule has 0 bridgehead atoms. The molecule has 0 spiro atoms. The molecule has 0 radical (unpaired) electrons. The normalized spacial score (nSPS) is 13.0. The molecule has 0 aromatic rings. The summed E-state index contributed by atoms with van der Waals surface area (Å²) in [7, 11) is 0. The van der Waals surface area contributed by atoms with Crippen molar-refractivity contribution in [1.82, 2.24) is 0 Å². The van der Waals surface area contributed by atoms with Crippen LogP contribution in [0, 0.1) is 0 Å². The average molecular weight is 956 g/mol. The van der Waals surface area contributed by atoms with Gasteiger partial charge in [0.2, 0.25) is 0 Å². The first-order valence-electron chi connectivity index (χ1n) is 28.1. The van der Waals surface area contributed by atoms with Crippen molar-refractivity contribution in [3.8, 4) is 0 Å². The number of hydrogen-bond acceptors (Lipinski definition) is 6. The maximum atomic E-state index is 12.9. The Morgan fingerprint density at radius 2 is 0.638 bits per heavy atom. The minimum atomic E-state index is -0.808. The van der Waals surface area contributed by atoms with Crippen LogP contribution in [0.1, 0.15) is 239 Å². The van der Waals surface area contributed by atoms with E-state index in [9.17, 15) is 14.4 Å². The van der Waals surface area contributed by atoms with Crippen molar-refractivity contribution in [1.29, 1.82) is 0 Å². The molecule has 0 fully saturated rings. The van der Waals surface area contributed by atoms with Gasteiger partial charge in [-0.05, 0) is 109 Å². The fraction of sp³-hybridized carbons (Fsp3) is 0.635. The summed E-state index contributed by atoms with van der Waals surface area (Å²) in [5.41, 5.74) is 0. The molecule has 1 unspecified atom stereocenters. The van der Waals surface area contributed by atoms with Crippen LogP contribution in [0.5, 0.6) is 0 Å². The van der Waals surface area contributed by atoms with Crippen LogP contribution < -0.4 is 0 Å². The number of ether oxygens (including phenoxy) is 3. The summed E-state index contributed by atoms with van der Waals surface area (Å²) in [5, 5.41) is 0. The molecule has 0 aliphatic carbocycles. The standard InChI is InChI=1S/C63H102O6/c1-4-7-10-13-16-19-22-25-28-30-31-33-35-38-41-44-47-50-53-56-62(65)68-59-60(58-67-61(64)55-52-49-46-43-40-37-34-27-24-21-18-15-12-9-6-3)69-63(66)57-54-51-48-45-42-39-36-32-29-26-23-20-17-14-11-8-5-2/h7,9-10,12,15-16,18-19,21,24-29,31,33-34,38,41,60H,4-6,8,11,13-14,17,20,22-23,30,32,35-37,39-40,42-59H2,1-3H3/b10-7-,12-9-,18-15-,19-16-,24-21-,28-25-,29-26-,33-31-,34-27-,41-38-. The Labute approximate surface area is 424 Å². The number of carbonyl (C=O) groups is 3. The highest BCUT2D eigenvalue weighted by molar-refractivity contribution is 5.71. The molecule has 0 aromatic heterocycles. The molecule has 6 nitrogen and oxygen atoms in total. The molecule has 1 atom stereocenters. The molecule has 0 heterocycles. The lowest BCUT2D eigenvalue weighted by molar-refractivity contribution is -0.167. The molecule has 0 saturated carbocycles. The summed E-state index contributed by atoms with van der Waals surface area (Å²) in [4.78, 5) is 38.1. The minimum absolute atomic E-state index is 0.106. The van der Waals surface area contributed by atoms with Crippen molar-refractivity contribution in [2.75, 3.05) is 13.2 Å². The van der Waals surface area contributed by atoms with Crippen LogP contribution in [-0.4, -0.2) is 37.2 Å². The second kappa shape index (κ2) is 56.4. The van der Waals surface area contributed by atoms with Crippen molar-refractivity contribution in [3.63, 3.8) is 0 Å². The second-order valence-electron chi connectivity index (χ2n) is 18.2. The fourth-order valence-electron chi connectivity index (χ4n) is 7.36. The summed E-state index contributed by atoms with van der Waals surface area (Å²) in [6, 6.07) is 0. The first-order chi connectivity index (χ1) is 34.0. The predicted molar refractivity (Wildman–Crippen MR) is 297 cm³/mol. The van der Waals surface area contributed by atoms with Gasteiger partial charge in [-0.3, -0.25) is 14.4 Å². The highest BCUT2D eigenvalue weighted by Crippen LogP contribution is 2.14. The number of carbonyl (C=O) groups excluding carboxylic acids is 3. The first-order valence-corrected chi connectivity index (χ1v) is 28.1. The Bertz CT molecular complexity index is 1470. The van der Waals surface area contributed by atoms with E-state index in [1.165, 1.54) is 77.0 Å². The van der Waals surface area contributed by atoms with Crippen molar-refractivity contribution in [3.05, 3.63) is 122 Å². The highest BCUT2D eigenvalue weighted by atomic mass is 16.6. The van der Waals surface area contributed by atoms with Gasteiger partial charge in [-0.2, -0.15) is 0 Å². The monoisotopic (exact) mass is 955 g/mol. The van der Waals surface area contributed by atoms with Gasteiger partial charge < -0.3 is 14.2 Å². The van der Waals surface area contributed by atoms with Crippen LogP contribution in [-0.2, 0) is 28.6 Å². The molecule has 0 saturated heterocycles. The maximum absolute atomic E-state index is 12.9. The third-order valence-corrected chi connectivity index (χ3v) is 11.5. The van der Waals surface area contributed by atoms with Gasteiger partial charge in [-0.1, -0.05) is 232 Å². The molecule has 0 aromatic carbocycles. The highest BCUT2D eigenvalue weighted by Gasteiger charge is 2.19. The molecule has 0 aliphatic heterocycles. The fourth-order valence-corrected chi connectivity index (χ4v) is 7.36. The van der Waals surface area contributed by atoms with Crippen LogP contribution in [0.3, 0.4) is 0 Å². The third-order valence-electron chi connectivity index (χ3n) is 11.5. The van der Waals surface area contributed by atoms with E-state index in [2.05, 4.69) is 124 Å². The smallest absolute Gasteiger partial charge is 0.306 e. The van der Waals surface area contributed by atoms with Crippen LogP contribution in [0.25, 0.3) is 0 Å². The summed E-state index contributed by atoms with van der Waals surface area (Å²) in [6.45, 7) is 6.33. The van der Waals surface area contributed by atoms with Crippen molar-refractivity contribution >= 4 is 17.9 Å². The zero-order valence-corrected chi connectivity index (χ0v) is 44.5. The Morgan fingerprint density at radius 1 is 0.319 bits per heavy atom. The Morgan fingerprint density at radius 3 is 1.09 bits per heavy atom. The third kappa shape index (κ3) is 54.6. The first kappa shape index (κ1) is 64.8. The van der Waals surface area contributed by atoms with Gasteiger partial charge in [-0.15, -0.1) is 0 Å². The molecule has 390 valence electrons. The molecule has 6 heteroatoms. The molecule has 0 amide bonds. The second-order valence-corrected chi connectivity index (χ2v) is 18.2. The van der Waals surface area contributed by atoms with E-state index in [1.807, 2.05) is 18.2 Å². The number of rotatable bonds is 49. The van der Waals surface area contributed by atoms with Gasteiger partial charge in [0.25, 0.3) is 0 Å². The average Bonchev–Trinajstić information content (AvgIpc) is 3.35. The van der Waals surface area contributed by atoms with Crippen LogP contribution in [0.2, 0.25) is 0 Å². The van der Waals surface area contributed by atoms with Crippen molar-refractivity contribution < 1.29 is 28.6 Å². The van der Waals surface area contributed by atoms with Gasteiger partial charge in [-0.25, -0.2) is 0 Å². The summed E-state index contributed by atoms with van der Waals surface area (Å²) < 4.78 is 16.8. The summed E-state index contributed by atoms with van der Waals surface area (Å²) in [6.07, 6.45) is 77.5. The lowest BCUT2D eigenvalue weighted by atomic mass is 10.1. The van der Waals surface area contributed by atoms with Gasteiger partial charge in [0, 0.05) is 19.3 Å². The van der Waals surface area contributed by atoms with Crippen LogP contribution >= 0.6 is 0 Å². The summed E-state index contributed by atoms with van der Waals surface area (Å²) in [5.74, 6) is -0.966. The largest absolute Gasteiger partial charge is 0.462 e. The SMILES string of the molecule is CC\C=C/C=C\C=C/C=C\CCCCCCCC(=O)OCC(COC(=O)CCCCC/C=C\C/C=C\C/C=C\C/C=C\C/C=C\CC)OC(=O)CCCCCCCCC/C=C\CCCCCCCC. The molecular weight excluding hydrogens is 853 g/mol. The Hall–Kier alpha value is -4.19. The number of unbranched alkanes of at least 4 members (excludes halogenated alkanes) is 21. The topological polar surface area (TPSA) is 78.9 Å². The van der Waals surface area contributed by atoms with Gasteiger partial charge in [0.05, 0.1) is 0 Å². The van der Waals surface area contributed by atoms with E-state index in [0.29, 0.717) is 19.3 Å². The van der Waals surface area contributed by atoms with Gasteiger partial charge in [0.1, 0.15) is 13.2 Å². The number of hydrogen-bond donors (Lipinski definition) is 0. The zero-order chi connectivity index (χ0) is 50.0. The van der Waals surface area contributed by atoms with Crippen molar-refractivity contribution in [2.45, 2.75) is 245 Å². The molecular formula is C63H102O6. The minimum Gasteiger partial charge on any atom is -0.462 e. The molecule has 0 N–H and O–H groups in total. The number of esters is 3. The zero-order valence-electron chi connectivity index (χ0n) is 44.5. The van der Waals surface area contributed by atoms with E-state index >= 15 is 0 Å². The Kier molecular flexibility index (Phi) is 53.0. The van der Waals surface area contributed by atoms with E-state index < -0.39 is 6.10 Å². The molecule has 0 rings (SSSR count). The van der Waals surface area contributed by atoms with E-state index in [-0.39, 0.29) is 31.1 Å². The van der Waals surface area contributed by atoms with Gasteiger partial charge >= 0.3 is 17.9 Å². The van der Waals surface area contributed by atoms with Crippen LogP contribution in [0.4, 0.5) is 0 Å². The van der Waals surface area contributed by atoms with Crippen molar-refractivity contribution in [2.24, 2.45) is 0 Å².